The lowest BCUT2D eigenvalue weighted by molar-refractivity contribution is 0.882. The van der Waals surface area contributed by atoms with Gasteiger partial charge in [-0.3, -0.25) is 4.98 Å². The lowest BCUT2D eigenvalue weighted by Gasteiger charge is -2.15. The highest BCUT2D eigenvalue weighted by Crippen LogP contribution is 2.21. The molecule has 0 aliphatic heterocycles. The fourth-order valence-corrected chi connectivity index (χ4v) is 1.94. The third kappa shape index (κ3) is 3.21. The second-order valence-corrected chi connectivity index (χ2v) is 4.61. The van der Waals surface area contributed by atoms with Gasteiger partial charge in [0.15, 0.2) is 0 Å². The molecular weight excluding hydrogens is 232 g/mol. The minimum absolute atomic E-state index is 0.206. The van der Waals surface area contributed by atoms with Gasteiger partial charge in [-0.25, -0.2) is 0 Å². The molecule has 0 saturated heterocycles. The number of rotatable bonds is 3. The summed E-state index contributed by atoms with van der Waals surface area (Å²) < 4.78 is 0. The lowest BCUT2D eigenvalue weighted by Crippen LogP contribution is -2.06. The van der Waals surface area contributed by atoms with Crippen molar-refractivity contribution >= 4 is 17.3 Å². The van der Waals surface area contributed by atoms with E-state index in [2.05, 4.69) is 29.4 Å². The summed E-state index contributed by atoms with van der Waals surface area (Å²) >= 11 is 5.98. The van der Waals surface area contributed by atoms with E-state index >= 15 is 0 Å². The number of benzene rings is 1. The Morgan fingerprint density at radius 3 is 2.76 bits per heavy atom. The SMILES string of the molecule is Cc1cncc(NC(C)c2cccc(Cl)c2)c1. The van der Waals surface area contributed by atoms with Crippen molar-refractivity contribution in [1.29, 1.82) is 0 Å². The number of halogens is 1. The van der Waals surface area contributed by atoms with Crippen LogP contribution in [0.15, 0.2) is 42.7 Å². The van der Waals surface area contributed by atoms with E-state index in [9.17, 15) is 0 Å². The molecule has 1 aromatic heterocycles. The molecule has 0 spiro atoms. The number of aryl methyl sites for hydroxylation is 1. The molecule has 2 aromatic rings. The molecular formula is C14H15ClN2. The van der Waals surface area contributed by atoms with Crippen LogP contribution in [0.2, 0.25) is 5.02 Å². The predicted molar refractivity (Wildman–Crippen MR) is 72.5 cm³/mol. The maximum absolute atomic E-state index is 5.98. The highest BCUT2D eigenvalue weighted by molar-refractivity contribution is 6.30. The molecule has 88 valence electrons. The minimum Gasteiger partial charge on any atom is -0.377 e. The zero-order valence-electron chi connectivity index (χ0n) is 9.94. The zero-order chi connectivity index (χ0) is 12.3. The smallest absolute Gasteiger partial charge is 0.0534 e. The summed E-state index contributed by atoms with van der Waals surface area (Å²) in [7, 11) is 0. The van der Waals surface area contributed by atoms with Gasteiger partial charge in [-0.15, -0.1) is 0 Å². The number of hydrogen-bond donors (Lipinski definition) is 1. The van der Waals surface area contributed by atoms with E-state index in [0.29, 0.717) is 0 Å². The van der Waals surface area contributed by atoms with Gasteiger partial charge in [0.2, 0.25) is 0 Å². The molecule has 1 N–H and O–H groups in total. The van der Waals surface area contributed by atoms with Gasteiger partial charge in [0.25, 0.3) is 0 Å². The summed E-state index contributed by atoms with van der Waals surface area (Å²) in [5.41, 5.74) is 3.34. The Morgan fingerprint density at radius 2 is 2.06 bits per heavy atom. The van der Waals surface area contributed by atoms with Crippen molar-refractivity contribution in [3.8, 4) is 0 Å². The standard InChI is InChI=1S/C14H15ClN2/c1-10-6-14(9-16-8-10)17-11(2)12-4-3-5-13(15)7-12/h3-9,11,17H,1-2H3. The molecule has 1 unspecified atom stereocenters. The summed E-state index contributed by atoms with van der Waals surface area (Å²) in [6.45, 7) is 4.14. The van der Waals surface area contributed by atoms with Crippen LogP contribution >= 0.6 is 11.6 Å². The first-order chi connectivity index (χ1) is 8.15. The van der Waals surface area contributed by atoms with Crippen molar-refractivity contribution in [3.05, 3.63) is 58.9 Å². The van der Waals surface area contributed by atoms with Crippen molar-refractivity contribution in [2.75, 3.05) is 5.32 Å². The number of hydrogen-bond acceptors (Lipinski definition) is 2. The fourth-order valence-electron chi connectivity index (χ4n) is 1.74. The Bertz CT molecular complexity index is 511. The van der Waals surface area contributed by atoms with E-state index in [-0.39, 0.29) is 6.04 Å². The van der Waals surface area contributed by atoms with E-state index in [4.69, 9.17) is 11.6 Å². The van der Waals surface area contributed by atoms with E-state index in [0.717, 1.165) is 16.3 Å². The Morgan fingerprint density at radius 1 is 1.24 bits per heavy atom. The quantitative estimate of drug-likeness (QED) is 0.877. The van der Waals surface area contributed by atoms with Crippen LogP contribution in [0, 0.1) is 6.92 Å². The van der Waals surface area contributed by atoms with Crippen LogP contribution in [0.4, 0.5) is 5.69 Å². The second-order valence-electron chi connectivity index (χ2n) is 4.17. The van der Waals surface area contributed by atoms with Crippen LogP contribution in [0.1, 0.15) is 24.1 Å². The topological polar surface area (TPSA) is 24.9 Å². The molecule has 0 aliphatic carbocycles. The van der Waals surface area contributed by atoms with Crippen molar-refractivity contribution in [2.45, 2.75) is 19.9 Å². The Hall–Kier alpha value is -1.54. The van der Waals surface area contributed by atoms with Crippen molar-refractivity contribution in [3.63, 3.8) is 0 Å². The van der Waals surface area contributed by atoms with Gasteiger partial charge in [0.1, 0.15) is 0 Å². The van der Waals surface area contributed by atoms with Gasteiger partial charge < -0.3 is 5.32 Å². The van der Waals surface area contributed by atoms with Crippen LogP contribution in [0.3, 0.4) is 0 Å². The average Bonchev–Trinajstić information content (AvgIpc) is 2.29. The van der Waals surface area contributed by atoms with Gasteiger partial charge >= 0.3 is 0 Å². The number of pyridine rings is 1. The summed E-state index contributed by atoms with van der Waals surface area (Å²) in [5.74, 6) is 0. The van der Waals surface area contributed by atoms with Gasteiger partial charge in [-0.05, 0) is 43.2 Å². The van der Waals surface area contributed by atoms with E-state index in [1.165, 1.54) is 5.56 Å². The lowest BCUT2D eigenvalue weighted by atomic mass is 10.1. The molecule has 17 heavy (non-hydrogen) atoms. The summed E-state index contributed by atoms with van der Waals surface area (Å²) in [6, 6.07) is 10.2. The number of aromatic nitrogens is 1. The van der Waals surface area contributed by atoms with Crippen molar-refractivity contribution < 1.29 is 0 Å². The monoisotopic (exact) mass is 246 g/mol. The Labute approximate surface area is 107 Å². The molecule has 3 heteroatoms. The first kappa shape index (κ1) is 11.9. The number of nitrogens with one attached hydrogen (secondary N) is 1. The molecule has 2 nitrogen and oxygen atoms in total. The van der Waals surface area contributed by atoms with Gasteiger partial charge in [0.05, 0.1) is 5.69 Å². The number of nitrogens with zero attached hydrogens (tertiary/aromatic N) is 1. The molecule has 0 saturated carbocycles. The summed E-state index contributed by atoms with van der Waals surface area (Å²) in [6.07, 6.45) is 3.67. The average molecular weight is 247 g/mol. The predicted octanol–water partition coefficient (Wildman–Crippen LogP) is 4.22. The van der Waals surface area contributed by atoms with Gasteiger partial charge in [-0.1, -0.05) is 23.7 Å². The highest BCUT2D eigenvalue weighted by atomic mass is 35.5. The zero-order valence-corrected chi connectivity index (χ0v) is 10.7. The molecule has 2 rings (SSSR count). The van der Waals surface area contributed by atoms with Gasteiger partial charge in [0, 0.05) is 23.5 Å². The van der Waals surface area contributed by atoms with E-state index in [1.54, 1.807) is 0 Å². The molecule has 1 heterocycles. The van der Waals surface area contributed by atoms with Crippen LogP contribution in [0.25, 0.3) is 0 Å². The molecule has 1 atom stereocenters. The van der Waals surface area contributed by atoms with Crippen molar-refractivity contribution in [2.24, 2.45) is 0 Å². The second kappa shape index (κ2) is 5.19. The van der Waals surface area contributed by atoms with Crippen molar-refractivity contribution in [1.82, 2.24) is 4.98 Å². The number of anilines is 1. The fraction of sp³-hybridized carbons (Fsp3) is 0.214. The largest absolute Gasteiger partial charge is 0.377 e. The molecule has 0 amide bonds. The Balaban J connectivity index is 2.14. The molecule has 0 fully saturated rings. The van der Waals surface area contributed by atoms with E-state index in [1.807, 2.05) is 37.5 Å². The van der Waals surface area contributed by atoms with Crippen LogP contribution in [-0.4, -0.2) is 4.98 Å². The minimum atomic E-state index is 0.206. The first-order valence-electron chi connectivity index (χ1n) is 5.59. The van der Waals surface area contributed by atoms with Crippen LogP contribution in [-0.2, 0) is 0 Å². The maximum atomic E-state index is 5.98. The first-order valence-corrected chi connectivity index (χ1v) is 5.96. The highest BCUT2D eigenvalue weighted by Gasteiger charge is 2.05. The van der Waals surface area contributed by atoms with Crippen LogP contribution in [0.5, 0.6) is 0 Å². The summed E-state index contributed by atoms with van der Waals surface area (Å²) in [5, 5.41) is 4.17. The van der Waals surface area contributed by atoms with Gasteiger partial charge in [-0.2, -0.15) is 0 Å². The molecule has 0 radical (unpaired) electrons. The third-order valence-corrected chi connectivity index (χ3v) is 2.84. The molecule has 0 bridgehead atoms. The molecule has 0 aliphatic rings. The molecule has 1 aromatic carbocycles. The summed E-state index contributed by atoms with van der Waals surface area (Å²) in [4.78, 5) is 4.16. The van der Waals surface area contributed by atoms with Crippen LogP contribution < -0.4 is 5.32 Å². The maximum Gasteiger partial charge on any atom is 0.0534 e. The normalized spacial score (nSPS) is 12.2. The third-order valence-electron chi connectivity index (χ3n) is 2.61. The Kier molecular flexibility index (Phi) is 3.64. The van der Waals surface area contributed by atoms with E-state index < -0.39 is 0 Å².